The zero-order chi connectivity index (χ0) is 89.2. The monoisotopic (exact) mass is 1720 g/mol. The number of ether oxygens (including phenoxy) is 19. The molecule has 0 bridgehead atoms. The summed E-state index contributed by atoms with van der Waals surface area (Å²) in [6, 6.07) is 48.5. The van der Waals surface area contributed by atoms with Gasteiger partial charge in [0.1, 0.15) is 98.8 Å². The Morgan fingerprint density at radius 2 is 0.685 bits per heavy atom. The molecule has 124 heavy (non-hydrogen) atoms. The fourth-order valence-corrected chi connectivity index (χ4v) is 14.4. The molecule has 20 atom stereocenters. The molecular formula is C93H111NO30. The third-order valence-electron chi connectivity index (χ3n) is 20.8. The number of hydrogen-bond donors (Lipinski definition) is 1. The van der Waals surface area contributed by atoms with E-state index in [0.29, 0.717) is 27.8 Å². The number of fused-ring (bicyclic) bond motifs is 1. The van der Waals surface area contributed by atoms with Crippen molar-refractivity contribution in [3.63, 3.8) is 0 Å². The van der Waals surface area contributed by atoms with E-state index in [-0.39, 0.29) is 62.8 Å². The molecule has 0 spiro atoms. The summed E-state index contributed by atoms with van der Waals surface area (Å²) in [5.74, 6) is -8.43. The minimum absolute atomic E-state index is 0.0935. The van der Waals surface area contributed by atoms with Crippen LogP contribution in [0.3, 0.4) is 0 Å². The Labute approximate surface area is 720 Å². The van der Waals surface area contributed by atoms with Crippen molar-refractivity contribution >= 4 is 59.4 Å². The number of nitrogens with zero attached hydrogens (tertiary/aromatic N) is 1. The molecule has 5 aliphatic rings. The highest BCUT2D eigenvalue weighted by atomic mass is 16.8. The summed E-state index contributed by atoms with van der Waals surface area (Å²) in [5, 5.41) is 13.2. The first kappa shape index (κ1) is 94.6. The van der Waals surface area contributed by atoms with E-state index in [4.69, 9.17) is 90.0 Å². The van der Waals surface area contributed by atoms with Crippen LogP contribution >= 0.6 is 0 Å². The predicted octanol–water partition coefficient (Wildman–Crippen LogP) is 10.1. The fourth-order valence-electron chi connectivity index (χ4n) is 14.4. The molecule has 31 heteroatoms. The van der Waals surface area contributed by atoms with Gasteiger partial charge in [0, 0.05) is 27.2 Å². The molecule has 11 rings (SSSR count). The number of amides is 2. The van der Waals surface area contributed by atoms with Gasteiger partial charge in [0.2, 0.25) is 0 Å². The number of aliphatic hydroxyl groups excluding tert-OH is 1. The molecule has 0 aliphatic carbocycles. The van der Waals surface area contributed by atoms with Gasteiger partial charge in [-0.15, -0.1) is 0 Å². The molecule has 2 amide bonds. The van der Waals surface area contributed by atoms with Crippen LogP contribution in [-0.4, -0.2) is 219 Å². The Morgan fingerprint density at radius 3 is 1.15 bits per heavy atom. The summed E-state index contributed by atoms with van der Waals surface area (Å²) >= 11 is 0. The van der Waals surface area contributed by atoms with Crippen molar-refractivity contribution in [3.05, 3.63) is 215 Å². The van der Waals surface area contributed by atoms with Crippen LogP contribution < -0.4 is 0 Å². The van der Waals surface area contributed by atoms with Crippen molar-refractivity contribution in [3.8, 4) is 0 Å². The van der Waals surface area contributed by atoms with Crippen LogP contribution in [0.2, 0.25) is 0 Å². The molecule has 31 nitrogen and oxygen atoms in total. The topological polar surface area (TPSA) is 370 Å². The van der Waals surface area contributed by atoms with Gasteiger partial charge in [0.05, 0.1) is 73.4 Å². The number of carbonyl (C=O) groups is 10. The quantitative estimate of drug-likeness (QED) is 0.0217. The highest BCUT2D eigenvalue weighted by molar-refractivity contribution is 6.21. The third-order valence-corrected chi connectivity index (χ3v) is 20.8. The molecule has 0 radical (unpaired) electrons. The second kappa shape index (κ2) is 43.2. The van der Waals surface area contributed by atoms with Crippen LogP contribution in [0.4, 0.5) is 0 Å². The van der Waals surface area contributed by atoms with Gasteiger partial charge in [-0.1, -0.05) is 164 Å². The van der Waals surface area contributed by atoms with Crippen molar-refractivity contribution in [2.45, 2.75) is 259 Å². The Kier molecular flexibility index (Phi) is 32.9. The number of aliphatic hydroxyl groups is 1. The average molecular weight is 1720 g/mol. The van der Waals surface area contributed by atoms with Gasteiger partial charge in [-0.05, 0) is 109 Å². The second-order valence-corrected chi connectivity index (χ2v) is 34.0. The molecule has 5 heterocycles. The second-order valence-electron chi connectivity index (χ2n) is 34.0. The maximum atomic E-state index is 16.0. The van der Waals surface area contributed by atoms with Crippen molar-refractivity contribution in [2.24, 2.45) is 16.2 Å². The van der Waals surface area contributed by atoms with E-state index in [1.807, 2.05) is 12.1 Å². The van der Waals surface area contributed by atoms with Crippen molar-refractivity contribution in [2.75, 3.05) is 26.4 Å². The van der Waals surface area contributed by atoms with Gasteiger partial charge in [0.25, 0.3) is 11.8 Å². The lowest BCUT2D eigenvalue weighted by molar-refractivity contribution is -0.388. The molecule has 5 aliphatic heterocycles. The molecule has 668 valence electrons. The summed E-state index contributed by atoms with van der Waals surface area (Å²) in [7, 11) is 0. The number of benzene rings is 6. The lowest BCUT2D eigenvalue weighted by Gasteiger charge is -2.53. The van der Waals surface area contributed by atoms with Gasteiger partial charge in [0.15, 0.2) is 49.6 Å². The van der Waals surface area contributed by atoms with E-state index in [2.05, 4.69) is 0 Å². The molecule has 4 fully saturated rings. The highest BCUT2D eigenvalue weighted by Crippen LogP contribution is 2.43. The molecule has 6 aromatic rings. The summed E-state index contributed by atoms with van der Waals surface area (Å²) in [6.07, 6.45) is -34.7. The molecule has 6 aromatic carbocycles. The van der Waals surface area contributed by atoms with Crippen LogP contribution in [-0.2, 0) is 161 Å². The third kappa shape index (κ3) is 25.4. The maximum absolute atomic E-state index is 16.0. The average Bonchev–Trinajstić information content (AvgIpc) is 1.51. The van der Waals surface area contributed by atoms with Crippen LogP contribution in [0, 0.1) is 16.2 Å². The van der Waals surface area contributed by atoms with Crippen LogP contribution in [0.25, 0.3) is 0 Å². The normalized spacial score (nSPS) is 27.1. The summed E-state index contributed by atoms with van der Waals surface area (Å²) in [4.78, 5) is 144. The predicted molar refractivity (Wildman–Crippen MR) is 436 cm³/mol. The summed E-state index contributed by atoms with van der Waals surface area (Å²) < 4.78 is 127. The van der Waals surface area contributed by atoms with Gasteiger partial charge in [-0.2, -0.15) is 0 Å². The first-order valence-corrected chi connectivity index (χ1v) is 41.3. The molecular weight excluding hydrogens is 1610 g/mol. The summed E-state index contributed by atoms with van der Waals surface area (Å²) in [6.45, 7) is 15.0. The van der Waals surface area contributed by atoms with Gasteiger partial charge in [-0.3, -0.25) is 48.1 Å². The highest BCUT2D eigenvalue weighted by Gasteiger charge is 2.63. The van der Waals surface area contributed by atoms with Crippen LogP contribution in [0.1, 0.15) is 151 Å². The van der Waals surface area contributed by atoms with E-state index >= 15 is 9.59 Å². The number of carbonyl (C=O) groups excluding carboxylic acids is 10. The molecule has 0 unspecified atom stereocenters. The maximum Gasteiger partial charge on any atom is 0.311 e. The Bertz CT molecular complexity index is 4520. The van der Waals surface area contributed by atoms with E-state index in [1.54, 1.807) is 214 Å². The minimum Gasteiger partial charge on any atom is -0.463 e. The molecule has 1 N–H and O–H groups in total. The van der Waals surface area contributed by atoms with Crippen molar-refractivity contribution in [1.82, 2.24) is 4.90 Å². The molecule has 4 saturated heterocycles. The largest absolute Gasteiger partial charge is 0.463 e. The number of imide groups is 1. The van der Waals surface area contributed by atoms with Crippen molar-refractivity contribution in [1.29, 1.82) is 0 Å². The summed E-state index contributed by atoms with van der Waals surface area (Å²) in [5.41, 5.74) is -0.684. The fraction of sp³-hybridized carbons (Fsp3) is 0.505. The zero-order valence-electron chi connectivity index (χ0n) is 71.8. The number of ketones is 1. The van der Waals surface area contributed by atoms with Gasteiger partial charge < -0.3 is 99.9 Å². The standard InChI is InChI=1S/C93H111NO30/c1-54(95)43-44-69(99)107-51-66-72(108-46-59-33-21-15-22-34-59)71(100)77(110-48-61-37-25-17-26-38-61)86(119-66)121-73-65(50-106-45-58-31-19-14-20-32-58)117-84(70(76(73)109-47-60-35-23-16-24-36-60)94-82(101)63-41-29-30-42-64(63)83(94)102)123-79-74(114-55(2)96)67(52-112-88(103)91(5,6)7)120-87(81(79)116-57(4)98)122-75-68(53-113-89(104)92(8,9)10)118-85(111-49-62-39-27-18-28-40-62)80(78(75)115-56(3)97)124-90(105)93(11,12)13/h14-42,65-68,70-81,84-87,100H,43-53H2,1-13H3/t65-,66-,67-,68-,70-,71+,72+,73-,74+,75-,76-,77-,78+,79+,80-,81-,84+,85-,86+,87+/m1/s1. The zero-order valence-corrected chi connectivity index (χ0v) is 71.8. The van der Waals surface area contributed by atoms with Crippen LogP contribution in [0.15, 0.2) is 176 Å². The Morgan fingerprint density at radius 1 is 0.339 bits per heavy atom. The Balaban J connectivity index is 1.11. The SMILES string of the molecule is CC(=O)CCC(=O)OC[C@H]1O[C@@H](O[C@H]2[C@H](OCc3ccccc3)[C@@H](N3C(=O)c4ccccc4C3=O)[C@H](O[C@H]3[C@@H](OC(C)=O)[C@@H](COC(=O)C(C)(C)C)O[C@@H](O[C@H]4[C@H](OC(C)=O)[C@@H](OC(=O)C(C)(C)C)[C@H](OCc5ccccc5)O[C@@H]4COC(=O)C(C)(C)C)[C@@H]3OC(C)=O)O[C@@H]2COCc2ccccc2)[C@H](OCc2ccccc2)[C@@H](O)[C@H]1OCc1ccccc1. The lowest BCUT2D eigenvalue weighted by atomic mass is 9.92. The van der Waals surface area contributed by atoms with Crippen LogP contribution in [0.5, 0.6) is 0 Å². The first-order chi connectivity index (χ1) is 59.1. The van der Waals surface area contributed by atoms with E-state index in [9.17, 15) is 43.5 Å². The minimum atomic E-state index is -2.19. The smallest absolute Gasteiger partial charge is 0.311 e. The van der Waals surface area contributed by atoms with Gasteiger partial charge >= 0.3 is 41.8 Å². The van der Waals surface area contributed by atoms with E-state index in [1.165, 1.54) is 19.1 Å². The van der Waals surface area contributed by atoms with E-state index in [0.717, 1.165) is 25.7 Å². The lowest BCUT2D eigenvalue weighted by Crippen LogP contribution is -2.71. The Hall–Kier alpha value is -10.1. The molecule has 0 aromatic heterocycles. The number of rotatable bonds is 36. The number of Topliss-reactive ketones (excluding diaryl/α,β-unsaturated/α-hetero) is 1. The first-order valence-electron chi connectivity index (χ1n) is 41.3. The van der Waals surface area contributed by atoms with Crippen molar-refractivity contribution < 1.29 is 143 Å². The number of esters is 7. The number of hydrogen-bond acceptors (Lipinski definition) is 30. The molecule has 0 saturated carbocycles. The van der Waals surface area contributed by atoms with Gasteiger partial charge in [-0.25, -0.2) is 0 Å². The van der Waals surface area contributed by atoms with E-state index < -0.39 is 219 Å².